The Labute approximate surface area is 86.9 Å². The second-order valence-electron chi connectivity index (χ2n) is 5.04. The lowest BCUT2D eigenvalue weighted by molar-refractivity contribution is -0.146. The highest BCUT2D eigenvalue weighted by Crippen LogP contribution is 2.14. The molecule has 3 nitrogen and oxygen atoms in total. The molecule has 1 atom stereocenters. The molecule has 2 N–H and O–H groups in total. The molecule has 0 bridgehead atoms. The summed E-state index contributed by atoms with van der Waals surface area (Å²) in [5.74, 6) is 0.470. The van der Waals surface area contributed by atoms with E-state index in [0.29, 0.717) is 18.4 Å². The summed E-state index contributed by atoms with van der Waals surface area (Å²) < 4.78 is 0. The van der Waals surface area contributed by atoms with Gasteiger partial charge in [-0.25, -0.2) is 0 Å². The quantitative estimate of drug-likeness (QED) is 0.691. The maximum atomic E-state index is 10.8. The van der Waals surface area contributed by atoms with E-state index in [4.69, 9.17) is 5.11 Å². The van der Waals surface area contributed by atoms with E-state index in [0.717, 1.165) is 6.54 Å². The van der Waals surface area contributed by atoms with Gasteiger partial charge in [-0.15, -0.1) is 0 Å². The average Bonchev–Trinajstić information content (AvgIpc) is 2.03. The number of hydrogen-bond acceptors (Lipinski definition) is 2. The summed E-state index contributed by atoms with van der Waals surface area (Å²) in [7, 11) is 0. The van der Waals surface area contributed by atoms with Gasteiger partial charge in [0.2, 0.25) is 0 Å². The van der Waals surface area contributed by atoms with Gasteiger partial charge >= 0.3 is 5.97 Å². The predicted molar refractivity (Wildman–Crippen MR) is 58.3 cm³/mol. The normalized spacial score (nSPS) is 14.4. The molecule has 0 spiro atoms. The summed E-state index contributed by atoms with van der Waals surface area (Å²) in [6, 6.07) is 0. The first-order valence-electron chi connectivity index (χ1n) is 5.21. The average molecular weight is 201 g/mol. The molecule has 0 aliphatic rings. The fraction of sp³-hybridized carbons (Fsp3) is 0.909. The van der Waals surface area contributed by atoms with E-state index < -0.39 is 11.4 Å². The van der Waals surface area contributed by atoms with E-state index in [1.807, 2.05) is 0 Å². The Kier molecular flexibility index (Phi) is 5.13. The number of carbonyl (C=O) groups is 1. The number of nitrogens with one attached hydrogen (secondary N) is 1. The van der Waals surface area contributed by atoms with Crippen molar-refractivity contribution in [2.24, 2.45) is 17.3 Å². The standard InChI is InChI=1S/C11H23NO2/c1-8(2)9(3)6-12-7-11(4,5)10(13)14/h8-9,12H,6-7H2,1-5H3,(H,13,14). The van der Waals surface area contributed by atoms with Crippen molar-refractivity contribution in [1.82, 2.24) is 5.32 Å². The minimum atomic E-state index is -0.748. The van der Waals surface area contributed by atoms with Crippen molar-refractivity contribution < 1.29 is 9.90 Å². The number of aliphatic carboxylic acids is 1. The van der Waals surface area contributed by atoms with Gasteiger partial charge in [0.25, 0.3) is 0 Å². The number of carboxylic acids is 1. The van der Waals surface area contributed by atoms with Crippen molar-refractivity contribution in [3.63, 3.8) is 0 Å². The van der Waals surface area contributed by atoms with Gasteiger partial charge in [0.05, 0.1) is 5.41 Å². The summed E-state index contributed by atoms with van der Waals surface area (Å²) in [6.45, 7) is 11.4. The minimum Gasteiger partial charge on any atom is -0.481 e. The maximum Gasteiger partial charge on any atom is 0.310 e. The van der Waals surface area contributed by atoms with Crippen LogP contribution >= 0.6 is 0 Å². The molecule has 0 aliphatic carbocycles. The highest BCUT2D eigenvalue weighted by atomic mass is 16.4. The summed E-state index contributed by atoms with van der Waals surface area (Å²) in [4.78, 5) is 10.8. The van der Waals surface area contributed by atoms with Crippen LogP contribution in [0.15, 0.2) is 0 Å². The van der Waals surface area contributed by atoms with Gasteiger partial charge in [0.15, 0.2) is 0 Å². The third kappa shape index (κ3) is 4.61. The molecule has 0 saturated carbocycles. The van der Waals surface area contributed by atoms with E-state index >= 15 is 0 Å². The van der Waals surface area contributed by atoms with Crippen molar-refractivity contribution in [2.45, 2.75) is 34.6 Å². The fourth-order valence-corrected chi connectivity index (χ4v) is 0.924. The molecule has 0 fully saturated rings. The highest BCUT2D eigenvalue weighted by Gasteiger charge is 2.26. The Bertz CT molecular complexity index is 188. The van der Waals surface area contributed by atoms with E-state index in [1.165, 1.54) is 0 Å². The molecule has 0 aromatic heterocycles. The second-order valence-corrected chi connectivity index (χ2v) is 5.04. The number of rotatable bonds is 6. The van der Waals surface area contributed by atoms with Crippen LogP contribution in [0, 0.1) is 17.3 Å². The lowest BCUT2D eigenvalue weighted by Crippen LogP contribution is -2.38. The van der Waals surface area contributed by atoms with Gasteiger partial charge in [-0.05, 0) is 32.2 Å². The van der Waals surface area contributed by atoms with Gasteiger partial charge in [0.1, 0.15) is 0 Å². The first-order valence-corrected chi connectivity index (χ1v) is 5.21. The zero-order chi connectivity index (χ0) is 11.4. The molecule has 1 unspecified atom stereocenters. The maximum absolute atomic E-state index is 10.8. The fourth-order valence-electron chi connectivity index (χ4n) is 0.924. The van der Waals surface area contributed by atoms with Crippen molar-refractivity contribution in [3.8, 4) is 0 Å². The van der Waals surface area contributed by atoms with Gasteiger partial charge in [-0.1, -0.05) is 20.8 Å². The van der Waals surface area contributed by atoms with Crippen LogP contribution in [-0.4, -0.2) is 24.2 Å². The van der Waals surface area contributed by atoms with Crippen LogP contribution in [0.5, 0.6) is 0 Å². The summed E-state index contributed by atoms with van der Waals surface area (Å²) >= 11 is 0. The molecule has 0 radical (unpaired) electrons. The van der Waals surface area contributed by atoms with Crippen molar-refractivity contribution in [1.29, 1.82) is 0 Å². The number of hydrogen-bond donors (Lipinski definition) is 2. The van der Waals surface area contributed by atoms with Crippen molar-refractivity contribution >= 4 is 5.97 Å². The molecule has 14 heavy (non-hydrogen) atoms. The third-order valence-corrected chi connectivity index (χ3v) is 2.75. The minimum absolute atomic E-state index is 0.527. The summed E-state index contributed by atoms with van der Waals surface area (Å²) in [5, 5.41) is 12.1. The molecule has 0 aliphatic heterocycles. The number of carboxylic acid groups (broad SMARTS) is 1. The van der Waals surface area contributed by atoms with Crippen LogP contribution in [0.3, 0.4) is 0 Å². The van der Waals surface area contributed by atoms with E-state index in [-0.39, 0.29) is 0 Å². The van der Waals surface area contributed by atoms with Crippen LogP contribution in [-0.2, 0) is 4.79 Å². The second kappa shape index (κ2) is 5.35. The Morgan fingerprint density at radius 1 is 1.36 bits per heavy atom. The summed E-state index contributed by atoms with van der Waals surface area (Å²) in [5.41, 5.74) is -0.670. The lowest BCUT2D eigenvalue weighted by Gasteiger charge is -2.22. The van der Waals surface area contributed by atoms with Crippen LogP contribution < -0.4 is 5.32 Å². The molecule has 0 rings (SSSR count). The van der Waals surface area contributed by atoms with Crippen LogP contribution in [0.4, 0.5) is 0 Å². The van der Waals surface area contributed by atoms with E-state index in [1.54, 1.807) is 13.8 Å². The highest BCUT2D eigenvalue weighted by molar-refractivity contribution is 5.73. The van der Waals surface area contributed by atoms with Gasteiger partial charge in [-0.2, -0.15) is 0 Å². The zero-order valence-electron chi connectivity index (χ0n) is 9.92. The Hall–Kier alpha value is -0.570. The van der Waals surface area contributed by atoms with Crippen molar-refractivity contribution in [2.75, 3.05) is 13.1 Å². The van der Waals surface area contributed by atoms with Crippen LogP contribution in [0.25, 0.3) is 0 Å². The third-order valence-electron chi connectivity index (χ3n) is 2.75. The molecule has 3 heteroatoms. The Morgan fingerprint density at radius 3 is 2.21 bits per heavy atom. The molecule has 0 heterocycles. The topological polar surface area (TPSA) is 49.3 Å². The van der Waals surface area contributed by atoms with E-state index in [2.05, 4.69) is 26.1 Å². The first kappa shape index (κ1) is 13.4. The van der Waals surface area contributed by atoms with E-state index in [9.17, 15) is 4.79 Å². The van der Waals surface area contributed by atoms with Crippen LogP contribution in [0.1, 0.15) is 34.6 Å². The van der Waals surface area contributed by atoms with Crippen molar-refractivity contribution in [3.05, 3.63) is 0 Å². The molecular formula is C11H23NO2. The lowest BCUT2D eigenvalue weighted by atomic mass is 9.93. The molecule has 0 aromatic carbocycles. The predicted octanol–water partition coefficient (Wildman–Crippen LogP) is 1.98. The first-order chi connectivity index (χ1) is 6.27. The Balaban J connectivity index is 3.79. The van der Waals surface area contributed by atoms with Gasteiger partial charge in [0, 0.05) is 6.54 Å². The molecular weight excluding hydrogens is 178 g/mol. The van der Waals surface area contributed by atoms with Crippen LogP contribution in [0.2, 0.25) is 0 Å². The smallest absolute Gasteiger partial charge is 0.310 e. The monoisotopic (exact) mass is 201 g/mol. The molecule has 0 amide bonds. The SMILES string of the molecule is CC(C)C(C)CNCC(C)(C)C(=O)O. The zero-order valence-corrected chi connectivity index (χ0v) is 9.92. The summed E-state index contributed by atoms with van der Waals surface area (Å²) in [6.07, 6.45) is 0. The molecule has 84 valence electrons. The van der Waals surface area contributed by atoms with Gasteiger partial charge < -0.3 is 10.4 Å². The largest absolute Gasteiger partial charge is 0.481 e. The van der Waals surface area contributed by atoms with Gasteiger partial charge in [-0.3, -0.25) is 4.79 Å². The Morgan fingerprint density at radius 2 is 1.86 bits per heavy atom. The molecule has 0 aromatic rings. The molecule has 0 saturated heterocycles.